The molecule has 0 heterocycles. The van der Waals surface area contributed by atoms with Gasteiger partial charge in [-0.1, -0.05) is 0 Å². The van der Waals surface area contributed by atoms with Crippen LogP contribution in [0.1, 0.15) is 12.8 Å². The lowest BCUT2D eigenvalue weighted by Gasteiger charge is -2.24. The Bertz CT molecular complexity index is 259. The average molecular weight is 207 g/mol. The monoisotopic (exact) mass is 207 g/mol. The maximum Gasteiger partial charge on any atom is 0.281 e. The predicted molar refractivity (Wildman–Crippen MR) is 51.4 cm³/mol. The van der Waals surface area contributed by atoms with Crippen molar-refractivity contribution in [3.05, 3.63) is 0 Å². The van der Waals surface area contributed by atoms with Crippen molar-refractivity contribution in [3.8, 4) is 0 Å². The van der Waals surface area contributed by atoms with Crippen molar-refractivity contribution in [2.24, 2.45) is 5.73 Å². The third-order valence-electron chi connectivity index (χ3n) is 2.06. The minimum Gasteiger partial charge on any atom is -0.329 e. The second-order valence-corrected chi connectivity index (χ2v) is 5.52. The van der Waals surface area contributed by atoms with E-state index in [2.05, 4.69) is 0 Å². The van der Waals surface area contributed by atoms with Crippen LogP contribution in [-0.4, -0.2) is 50.3 Å². The van der Waals surface area contributed by atoms with Gasteiger partial charge in [-0.25, -0.2) is 0 Å². The molecule has 1 fully saturated rings. The van der Waals surface area contributed by atoms with E-state index in [1.807, 2.05) is 0 Å². The van der Waals surface area contributed by atoms with Gasteiger partial charge in [0.15, 0.2) is 0 Å². The summed E-state index contributed by atoms with van der Waals surface area (Å²) >= 11 is 0. The Morgan fingerprint density at radius 3 is 2.23 bits per heavy atom. The SMILES string of the molecule is CN(C)S(=O)(=O)N(CCN)C1CC1. The first-order valence-corrected chi connectivity index (χ1v) is 5.79. The van der Waals surface area contributed by atoms with E-state index in [0.29, 0.717) is 13.1 Å². The normalized spacial score (nSPS) is 18.5. The molecule has 0 aromatic rings. The summed E-state index contributed by atoms with van der Waals surface area (Å²) in [4.78, 5) is 0. The maximum atomic E-state index is 11.7. The number of nitrogens with two attached hydrogens (primary N) is 1. The molecule has 0 aromatic heterocycles. The molecule has 0 aliphatic heterocycles. The van der Waals surface area contributed by atoms with Crippen molar-refractivity contribution in [1.29, 1.82) is 0 Å². The molecule has 13 heavy (non-hydrogen) atoms. The van der Waals surface area contributed by atoms with Gasteiger partial charge in [-0.15, -0.1) is 0 Å². The van der Waals surface area contributed by atoms with Gasteiger partial charge in [0.2, 0.25) is 0 Å². The maximum absolute atomic E-state index is 11.7. The first kappa shape index (κ1) is 10.9. The number of hydrogen-bond acceptors (Lipinski definition) is 3. The Kier molecular flexibility index (Phi) is 3.28. The number of hydrogen-bond donors (Lipinski definition) is 1. The average Bonchev–Trinajstić information content (AvgIpc) is 2.82. The van der Waals surface area contributed by atoms with E-state index >= 15 is 0 Å². The molecule has 1 saturated carbocycles. The zero-order chi connectivity index (χ0) is 10.1. The Morgan fingerprint density at radius 1 is 1.38 bits per heavy atom. The van der Waals surface area contributed by atoms with Crippen molar-refractivity contribution in [1.82, 2.24) is 8.61 Å². The van der Waals surface area contributed by atoms with Crippen molar-refractivity contribution in [2.45, 2.75) is 18.9 Å². The zero-order valence-corrected chi connectivity index (χ0v) is 8.92. The highest BCUT2D eigenvalue weighted by Gasteiger charge is 2.37. The second kappa shape index (κ2) is 3.91. The molecule has 0 unspecified atom stereocenters. The molecular weight excluding hydrogens is 190 g/mol. The summed E-state index contributed by atoms with van der Waals surface area (Å²) in [5.74, 6) is 0. The van der Waals surface area contributed by atoms with Crippen LogP contribution in [-0.2, 0) is 10.2 Å². The third kappa shape index (κ3) is 2.40. The van der Waals surface area contributed by atoms with Gasteiger partial charge in [-0.05, 0) is 12.8 Å². The third-order valence-corrected chi connectivity index (χ3v) is 4.06. The molecule has 0 radical (unpaired) electrons. The quantitative estimate of drug-likeness (QED) is 0.643. The molecule has 0 atom stereocenters. The Labute approximate surface area is 79.7 Å². The van der Waals surface area contributed by atoms with Gasteiger partial charge < -0.3 is 5.73 Å². The molecule has 0 saturated heterocycles. The Hall–Kier alpha value is -0.170. The van der Waals surface area contributed by atoms with Gasteiger partial charge in [-0.3, -0.25) is 0 Å². The summed E-state index contributed by atoms with van der Waals surface area (Å²) in [5, 5.41) is 0. The van der Waals surface area contributed by atoms with E-state index in [4.69, 9.17) is 5.73 Å². The van der Waals surface area contributed by atoms with Crippen LogP contribution in [0.4, 0.5) is 0 Å². The molecule has 1 aliphatic rings. The summed E-state index contributed by atoms with van der Waals surface area (Å²) in [6.45, 7) is 0.800. The summed E-state index contributed by atoms with van der Waals surface area (Å²) in [5.41, 5.74) is 5.37. The van der Waals surface area contributed by atoms with Crippen LogP contribution in [0, 0.1) is 0 Å². The first-order chi connectivity index (χ1) is 6.00. The van der Waals surface area contributed by atoms with E-state index in [9.17, 15) is 8.42 Å². The fourth-order valence-corrected chi connectivity index (χ4v) is 2.53. The molecule has 1 rings (SSSR count). The van der Waals surface area contributed by atoms with Gasteiger partial charge in [0, 0.05) is 33.2 Å². The molecular formula is C7H17N3O2S. The molecule has 0 aromatic carbocycles. The number of rotatable bonds is 5. The van der Waals surface area contributed by atoms with Crippen LogP contribution in [0.25, 0.3) is 0 Å². The van der Waals surface area contributed by atoms with Crippen molar-refractivity contribution >= 4 is 10.2 Å². The van der Waals surface area contributed by atoms with Crippen LogP contribution in [0.3, 0.4) is 0 Å². The summed E-state index contributed by atoms with van der Waals surface area (Å²) in [6, 6.07) is 0.191. The molecule has 0 spiro atoms. The highest BCUT2D eigenvalue weighted by Crippen LogP contribution is 2.29. The standard InChI is InChI=1S/C7H17N3O2S/c1-9(2)13(11,12)10(6-5-8)7-3-4-7/h7H,3-6,8H2,1-2H3. The fraction of sp³-hybridized carbons (Fsp3) is 1.00. The Balaban J connectivity index is 2.73. The molecule has 1 aliphatic carbocycles. The van der Waals surface area contributed by atoms with Gasteiger partial charge in [0.25, 0.3) is 10.2 Å². The predicted octanol–water partition coefficient (Wildman–Crippen LogP) is -0.784. The molecule has 0 amide bonds. The minimum atomic E-state index is -3.25. The van der Waals surface area contributed by atoms with Gasteiger partial charge in [0.05, 0.1) is 0 Å². The van der Waals surface area contributed by atoms with Gasteiger partial charge in [0.1, 0.15) is 0 Å². The largest absolute Gasteiger partial charge is 0.329 e. The highest BCUT2D eigenvalue weighted by atomic mass is 32.2. The van der Waals surface area contributed by atoms with E-state index < -0.39 is 10.2 Å². The lowest BCUT2D eigenvalue weighted by atomic mass is 10.6. The van der Waals surface area contributed by atoms with Crippen molar-refractivity contribution in [2.75, 3.05) is 27.2 Å². The topological polar surface area (TPSA) is 66.6 Å². The van der Waals surface area contributed by atoms with Crippen LogP contribution in [0.2, 0.25) is 0 Å². The van der Waals surface area contributed by atoms with Crippen LogP contribution in [0.5, 0.6) is 0 Å². The molecule has 5 nitrogen and oxygen atoms in total. The molecule has 6 heteroatoms. The summed E-state index contributed by atoms with van der Waals surface area (Å²) in [7, 11) is -0.165. The lowest BCUT2D eigenvalue weighted by molar-refractivity contribution is 0.374. The highest BCUT2D eigenvalue weighted by molar-refractivity contribution is 7.86. The van der Waals surface area contributed by atoms with E-state index in [-0.39, 0.29) is 6.04 Å². The molecule has 2 N–H and O–H groups in total. The first-order valence-electron chi connectivity index (χ1n) is 4.39. The van der Waals surface area contributed by atoms with Crippen molar-refractivity contribution in [3.63, 3.8) is 0 Å². The van der Waals surface area contributed by atoms with Gasteiger partial charge in [-0.2, -0.15) is 17.0 Å². The Morgan fingerprint density at radius 2 is 1.92 bits per heavy atom. The van der Waals surface area contributed by atoms with Gasteiger partial charge >= 0.3 is 0 Å². The summed E-state index contributed by atoms with van der Waals surface area (Å²) < 4.78 is 26.1. The van der Waals surface area contributed by atoms with Crippen LogP contribution < -0.4 is 5.73 Å². The van der Waals surface area contributed by atoms with Crippen LogP contribution >= 0.6 is 0 Å². The molecule has 0 bridgehead atoms. The van der Waals surface area contributed by atoms with Crippen LogP contribution in [0.15, 0.2) is 0 Å². The smallest absolute Gasteiger partial charge is 0.281 e. The molecule has 78 valence electrons. The number of nitrogens with zero attached hydrogens (tertiary/aromatic N) is 2. The van der Waals surface area contributed by atoms with E-state index in [1.165, 1.54) is 8.61 Å². The van der Waals surface area contributed by atoms with E-state index in [0.717, 1.165) is 12.8 Å². The van der Waals surface area contributed by atoms with Crippen molar-refractivity contribution < 1.29 is 8.42 Å². The zero-order valence-electron chi connectivity index (χ0n) is 8.10. The minimum absolute atomic E-state index is 0.191. The fourth-order valence-electron chi connectivity index (χ4n) is 1.19. The second-order valence-electron chi connectivity index (χ2n) is 3.42. The summed E-state index contributed by atoms with van der Waals surface area (Å²) in [6.07, 6.45) is 1.93. The van der Waals surface area contributed by atoms with E-state index in [1.54, 1.807) is 14.1 Å². The lowest BCUT2D eigenvalue weighted by Crippen LogP contribution is -2.43.